The number of benzene rings is 1. The molecule has 3 nitrogen and oxygen atoms in total. The molecule has 0 saturated carbocycles. The molecule has 0 unspecified atom stereocenters. The van der Waals surface area contributed by atoms with Gasteiger partial charge in [0.05, 0.1) is 0 Å². The third-order valence-electron chi connectivity index (χ3n) is 2.26. The molecule has 0 aliphatic heterocycles. The van der Waals surface area contributed by atoms with Crippen LogP contribution in [0.25, 0.3) is 6.08 Å². The summed E-state index contributed by atoms with van der Waals surface area (Å²) >= 11 is 1.38. The first-order chi connectivity index (χ1) is 8.79. The predicted octanol–water partition coefficient (Wildman–Crippen LogP) is 3.35. The summed E-state index contributed by atoms with van der Waals surface area (Å²) in [6.07, 6.45) is 4.97. The van der Waals surface area contributed by atoms with Crippen molar-refractivity contribution >= 4 is 28.5 Å². The molecule has 90 valence electrons. The zero-order valence-corrected chi connectivity index (χ0v) is 10.5. The Labute approximate surface area is 110 Å². The van der Waals surface area contributed by atoms with Crippen molar-refractivity contribution in [1.29, 1.82) is 0 Å². The van der Waals surface area contributed by atoms with E-state index in [0.29, 0.717) is 10.7 Å². The van der Waals surface area contributed by atoms with Gasteiger partial charge in [0.2, 0.25) is 0 Å². The van der Waals surface area contributed by atoms with E-state index in [0.717, 1.165) is 5.56 Å². The van der Waals surface area contributed by atoms with Crippen molar-refractivity contribution in [2.75, 3.05) is 5.32 Å². The van der Waals surface area contributed by atoms with Gasteiger partial charge in [-0.25, -0.2) is 4.98 Å². The fourth-order valence-electron chi connectivity index (χ4n) is 1.40. The van der Waals surface area contributed by atoms with Crippen LogP contribution in [0.3, 0.4) is 0 Å². The van der Waals surface area contributed by atoms with Gasteiger partial charge in [-0.3, -0.25) is 10.1 Å². The zero-order chi connectivity index (χ0) is 12.8. The summed E-state index contributed by atoms with van der Waals surface area (Å²) < 4.78 is 0. The van der Waals surface area contributed by atoms with E-state index in [2.05, 4.69) is 16.9 Å². The number of aromatic nitrogens is 1. The van der Waals surface area contributed by atoms with E-state index in [4.69, 9.17) is 0 Å². The first kappa shape index (κ1) is 12.3. The average molecular weight is 256 g/mol. The minimum absolute atomic E-state index is 0.205. The van der Waals surface area contributed by atoms with Gasteiger partial charge in [0.25, 0.3) is 5.91 Å². The first-order valence-corrected chi connectivity index (χ1v) is 6.27. The molecule has 4 heteroatoms. The maximum absolute atomic E-state index is 12.0. The quantitative estimate of drug-likeness (QED) is 0.673. The number of anilines is 1. The van der Waals surface area contributed by atoms with Crippen LogP contribution in [0, 0.1) is 0 Å². The fourth-order valence-corrected chi connectivity index (χ4v) is 1.92. The van der Waals surface area contributed by atoms with Gasteiger partial charge < -0.3 is 0 Å². The summed E-state index contributed by atoms with van der Waals surface area (Å²) in [6.45, 7) is 3.66. The smallest absolute Gasteiger partial charge is 0.257 e. The van der Waals surface area contributed by atoms with Crippen molar-refractivity contribution in [3.63, 3.8) is 0 Å². The summed E-state index contributed by atoms with van der Waals surface area (Å²) in [4.78, 5) is 16.0. The maximum atomic E-state index is 12.0. The lowest BCUT2D eigenvalue weighted by molar-refractivity contribution is -0.112. The molecule has 0 aliphatic carbocycles. The second-order valence-corrected chi connectivity index (χ2v) is 4.40. The third kappa shape index (κ3) is 3.15. The van der Waals surface area contributed by atoms with E-state index in [1.807, 2.05) is 35.7 Å². The van der Waals surface area contributed by atoms with Crippen molar-refractivity contribution in [2.24, 2.45) is 0 Å². The molecule has 1 aromatic heterocycles. The lowest BCUT2D eigenvalue weighted by Gasteiger charge is -2.02. The molecule has 0 bridgehead atoms. The van der Waals surface area contributed by atoms with E-state index in [1.54, 1.807) is 12.3 Å². The van der Waals surface area contributed by atoms with Crippen LogP contribution in [0.5, 0.6) is 0 Å². The van der Waals surface area contributed by atoms with Gasteiger partial charge in [-0.2, -0.15) is 0 Å². The summed E-state index contributed by atoms with van der Waals surface area (Å²) in [5, 5.41) is 5.12. The monoisotopic (exact) mass is 256 g/mol. The van der Waals surface area contributed by atoms with E-state index in [9.17, 15) is 4.79 Å². The van der Waals surface area contributed by atoms with Gasteiger partial charge in [0.1, 0.15) is 0 Å². The van der Waals surface area contributed by atoms with Crippen molar-refractivity contribution in [2.45, 2.75) is 0 Å². The Balaban J connectivity index is 2.16. The summed E-state index contributed by atoms with van der Waals surface area (Å²) in [5.41, 5.74) is 1.47. The molecule has 0 saturated heterocycles. The Bertz CT molecular complexity index is 559. The molecular weight excluding hydrogens is 244 g/mol. The maximum Gasteiger partial charge on any atom is 0.257 e. The normalized spacial score (nSPS) is 11.0. The average Bonchev–Trinajstić information content (AvgIpc) is 2.90. The van der Waals surface area contributed by atoms with E-state index >= 15 is 0 Å². The molecule has 2 rings (SSSR count). The van der Waals surface area contributed by atoms with Crippen LogP contribution in [0.4, 0.5) is 5.13 Å². The molecule has 0 spiro atoms. The van der Waals surface area contributed by atoms with Crippen LogP contribution in [-0.2, 0) is 4.79 Å². The molecule has 0 aliphatic rings. The highest BCUT2D eigenvalue weighted by atomic mass is 32.1. The second kappa shape index (κ2) is 5.93. The molecule has 0 radical (unpaired) electrons. The van der Waals surface area contributed by atoms with E-state index < -0.39 is 0 Å². The number of nitrogens with zero attached hydrogens (tertiary/aromatic N) is 1. The zero-order valence-electron chi connectivity index (χ0n) is 9.67. The van der Waals surface area contributed by atoms with Gasteiger partial charge in [0.15, 0.2) is 5.13 Å². The Morgan fingerprint density at radius 2 is 2.11 bits per heavy atom. The summed E-state index contributed by atoms with van der Waals surface area (Å²) in [7, 11) is 0. The van der Waals surface area contributed by atoms with Crippen molar-refractivity contribution in [3.8, 4) is 0 Å². The number of hydrogen-bond donors (Lipinski definition) is 1. The molecule has 0 fully saturated rings. The van der Waals surface area contributed by atoms with Crippen LogP contribution >= 0.6 is 11.3 Å². The highest BCUT2D eigenvalue weighted by molar-refractivity contribution is 7.13. The lowest BCUT2D eigenvalue weighted by atomic mass is 10.1. The SMILES string of the molecule is C=C/C(=C\c1ccccc1)C(=O)Nc1nccs1. The number of carbonyl (C=O) groups is 1. The van der Waals surface area contributed by atoms with Gasteiger partial charge in [-0.1, -0.05) is 43.0 Å². The Kier molecular flexibility index (Phi) is 4.04. The largest absolute Gasteiger partial charge is 0.298 e. The predicted molar refractivity (Wildman–Crippen MR) is 75.4 cm³/mol. The fraction of sp³-hybridized carbons (Fsp3) is 0. The Hall–Kier alpha value is -2.20. The molecule has 1 N–H and O–H groups in total. The van der Waals surface area contributed by atoms with Gasteiger partial charge in [-0.05, 0) is 11.6 Å². The van der Waals surface area contributed by atoms with Crippen LogP contribution in [0.1, 0.15) is 5.56 Å². The van der Waals surface area contributed by atoms with E-state index in [-0.39, 0.29) is 5.91 Å². The van der Waals surface area contributed by atoms with Crippen LogP contribution in [-0.4, -0.2) is 10.9 Å². The number of rotatable bonds is 4. The topological polar surface area (TPSA) is 42.0 Å². The van der Waals surface area contributed by atoms with Gasteiger partial charge in [-0.15, -0.1) is 11.3 Å². The summed E-state index contributed by atoms with van der Waals surface area (Å²) in [6, 6.07) is 9.64. The second-order valence-electron chi connectivity index (χ2n) is 3.51. The lowest BCUT2D eigenvalue weighted by Crippen LogP contribution is -2.12. The highest BCUT2D eigenvalue weighted by Crippen LogP contribution is 2.14. The van der Waals surface area contributed by atoms with Crippen LogP contribution < -0.4 is 5.32 Å². The standard InChI is InChI=1S/C14H12N2OS/c1-2-12(10-11-6-4-3-5-7-11)13(17)16-14-15-8-9-18-14/h2-10H,1H2,(H,15,16,17)/b12-10+. The molecular formula is C14H12N2OS. The van der Waals surface area contributed by atoms with E-state index in [1.165, 1.54) is 17.4 Å². The minimum Gasteiger partial charge on any atom is -0.298 e. The number of carbonyl (C=O) groups excluding carboxylic acids is 1. The van der Waals surface area contributed by atoms with Crippen LogP contribution in [0.2, 0.25) is 0 Å². The minimum atomic E-state index is -0.205. The molecule has 1 heterocycles. The number of hydrogen-bond acceptors (Lipinski definition) is 3. The van der Waals surface area contributed by atoms with Crippen molar-refractivity contribution in [3.05, 3.63) is 65.7 Å². The number of thiazole rings is 1. The molecule has 2 aromatic rings. The number of nitrogens with one attached hydrogen (secondary N) is 1. The molecule has 0 atom stereocenters. The third-order valence-corrected chi connectivity index (χ3v) is 2.95. The van der Waals surface area contributed by atoms with Crippen molar-refractivity contribution in [1.82, 2.24) is 4.98 Å². The van der Waals surface area contributed by atoms with Crippen LogP contribution in [0.15, 0.2) is 60.1 Å². The number of amides is 1. The Morgan fingerprint density at radius 1 is 1.33 bits per heavy atom. The molecule has 18 heavy (non-hydrogen) atoms. The van der Waals surface area contributed by atoms with Gasteiger partial charge in [0, 0.05) is 17.2 Å². The Morgan fingerprint density at radius 3 is 2.72 bits per heavy atom. The molecule has 1 amide bonds. The van der Waals surface area contributed by atoms with Gasteiger partial charge >= 0.3 is 0 Å². The van der Waals surface area contributed by atoms with Crippen molar-refractivity contribution < 1.29 is 4.79 Å². The molecule has 1 aromatic carbocycles. The highest BCUT2D eigenvalue weighted by Gasteiger charge is 2.07. The first-order valence-electron chi connectivity index (χ1n) is 5.39. The summed E-state index contributed by atoms with van der Waals surface area (Å²) in [5.74, 6) is -0.205.